The van der Waals surface area contributed by atoms with Crippen LogP contribution in [0.5, 0.6) is 0 Å². The fourth-order valence-electron chi connectivity index (χ4n) is 1.70. The molecule has 0 aliphatic heterocycles. The van der Waals surface area contributed by atoms with Crippen molar-refractivity contribution >= 4 is 15.7 Å². The molecule has 8 heteroatoms. The molecule has 0 unspecified atom stereocenters. The zero-order valence-electron chi connectivity index (χ0n) is 10.6. The first-order valence-corrected chi connectivity index (χ1v) is 7.32. The van der Waals surface area contributed by atoms with Gasteiger partial charge in [-0.05, 0) is 35.9 Å². The maximum atomic E-state index is 13.0. The third-order valence-electron chi connectivity index (χ3n) is 2.70. The summed E-state index contributed by atoms with van der Waals surface area (Å²) in [5, 5.41) is 7.76. The van der Waals surface area contributed by atoms with E-state index in [4.69, 9.17) is 5.14 Å². The fraction of sp³-hybridized carbons (Fsp3) is 0.0769. The molecule has 0 amide bonds. The number of sulfonamides is 1. The van der Waals surface area contributed by atoms with Gasteiger partial charge in [-0.1, -0.05) is 6.07 Å². The van der Waals surface area contributed by atoms with E-state index in [0.29, 0.717) is 5.69 Å². The minimum atomic E-state index is -3.84. The Kier molecular flexibility index (Phi) is 4.19. The van der Waals surface area contributed by atoms with Gasteiger partial charge in [-0.15, -0.1) is 0 Å². The van der Waals surface area contributed by atoms with Crippen molar-refractivity contribution in [2.45, 2.75) is 11.4 Å². The van der Waals surface area contributed by atoms with Crippen LogP contribution < -0.4 is 10.5 Å². The lowest BCUT2D eigenvalue weighted by Gasteiger charge is -2.08. The molecule has 0 fully saturated rings. The number of nitrogens with one attached hydrogen (secondary N) is 1. The zero-order valence-corrected chi connectivity index (χ0v) is 11.4. The largest absolute Gasteiger partial charge is 0.381 e. The molecule has 2 aromatic carbocycles. The van der Waals surface area contributed by atoms with E-state index in [-0.39, 0.29) is 17.0 Å². The molecule has 0 aromatic heterocycles. The highest BCUT2D eigenvalue weighted by molar-refractivity contribution is 7.89. The summed E-state index contributed by atoms with van der Waals surface area (Å²) >= 11 is 0. The summed E-state index contributed by atoms with van der Waals surface area (Å²) in [4.78, 5) is -0.0935. The first kappa shape index (κ1) is 15.3. The monoisotopic (exact) mass is 316 g/mol. The molecule has 2 rings (SSSR count). The smallest absolute Gasteiger partial charge is 0.238 e. The second-order valence-corrected chi connectivity index (χ2v) is 5.86. The van der Waals surface area contributed by atoms with Gasteiger partial charge >= 0.3 is 0 Å². The van der Waals surface area contributed by atoms with E-state index in [1.807, 2.05) is 0 Å². The minimum absolute atomic E-state index is 0.0117. The molecule has 0 bridgehead atoms. The number of hydrogen-bond acceptors (Lipinski definition) is 3. The van der Waals surface area contributed by atoms with Gasteiger partial charge in [0.15, 0.2) is 17.5 Å². The standard InChI is InChI=1S/C13H11F3N2O2S/c14-11-4-8(5-12(15)13(11)16)7-18-9-2-1-3-10(6-9)21(17,19)20/h1-6,18H,7H2,(H2,17,19,20). The van der Waals surface area contributed by atoms with Gasteiger partial charge < -0.3 is 5.32 Å². The highest BCUT2D eigenvalue weighted by Crippen LogP contribution is 2.17. The molecule has 0 heterocycles. The average Bonchev–Trinajstić information content (AvgIpc) is 2.42. The first-order chi connectivity index (χ1) is 9.77. The van der Waals surface area contributed by atoms with E-state index in [1.54, 1.807) is 6.07 Å². The van der Waals surface area contributed by atoms with Gasteiger partial charge in [0, 0.05) is 12.2 Å². The van der Waals surface area contributed by atoms with Crippen LogP contribution in [0.15, 0.2) is 41.3 Å². The van der Waals surface area contributed by atoms with Crippen LogP contribution in [0.25, 0.3) is 0 Å². The Morgan fingerprint density at radius 3 is 2.24 bits per heavy atom. The average molecular weight is 316 g/mol. The van der Waals surface area contributed by atoms with Crippen molar-refractivity contribution < 1.29 is 21.6 Å². The van der Waals surface area contributed by atoms with Crippen molar-refractivity contribution in [1.82, 2.24) is 0 Å². The van der Waals surface area contributed by atoms with Crippen molar-refractivity contribution in [3.8, 4) is 0 Å². The minimum Gasteiger partial charge on any atom is -0.381 e. The summed E-state index contributed by atoms with van der Waals surface area (Å²) in [6.07, 6.45) is 0. The number of rotatable bonds is 4. The quantitative estimate of drug-likeness (QED) is 0.851. The van der Waals surface area contributed by atoms with Gasteiger partial charge in [-0.2, -0.15) is 0 Å². The lowest BCUT2D eigenvalue weighted by atomic mass is 10.2. The summed E-state index contributed by atoms with van der Waals surface area (Å²) in [6, 6.07) is 7.34. The summed E-state index contributed by atoms with van der Waals surface area (Å²) in [5.41, 5.74) is 0.569. The molecule has 2 aromatic rings. The SMILES string of the molecule is NS(=O)(=O)c1cccc(NCc2cc(F)c(F)c(F)c2)c1. The van der Waals surface area contributed by atoms with Gasteiger partial charge in [0.2, 0.25) is 10.0 Å². The Balaban J connectivity index is 2.17. The number of primary sulfonamides is 1. The van der Waals surface area contributed by atoms with Crippen LogP contribution in [0.1, 0.15) is 5.56 Å². The molecule has 0 saturated heterocycles. The molecule has 4 nitrogen and oxygen atoms in total. The Hall–Kier alpha value is -2.06. The van der Waals surface area contributed by atoms with E-state index < -0.39 is 27.5 Å². The normalized spacial score (nSPS) is 11.4. The molecule has 0 aliphatic rings. The van der Waals surface area contributed by atoms with Gasteiger partial charge in [0.25, 0.3) is 0 Å². The molecule has 0 saturated carbocycles. The number of hydrogen-bond donors (Lipinski definition) is 2. The molecule has 112 valence electrons. The molecule has 3 N–H and O–H groups in total. The second kappa shape index (κ2) is 5.74. The van der Waals surface area contributed by atoms with Gasteiger partial charge in [-0.25, -0.2) is 26.7 Å². The Bertz CT molecular complexity index is 756. The number of benzene rings is 2. The summed E-state index contributed by atoms with van der Waals surface area (Å²) in [7, 11) is -3.84. The van der Waals surface area contributed by atoms with E-state index in [2.05, 4.69) is 5.32 Å². The molecule has 21 heavy (non-hydrogen) atoms. The van der Waals surface area contributed by atoms with Crippen LogP contribution >= 0.6 is 0 Å². The van der Waals surface area contributed by atoms with Crippen molar-refractivity contribution in [3.05, 3.63) is 59.4 Å². The maximum absolute atomic E-state index is 13.0. The molecule has 0 radical (unpaired) electrons. The van der Waals surface area contributed by atoms with E-state index in [9.17, 15) is 21.6 Å². The number of halogens is 3. The third-order valence-corrected chi connectivity index (χ3v) is 3.61. The van der Waals surface area contributed by atoms with Crippen LogP contribution in [0.4, 0.5) is 18.9 Å². The summed E-state index contributed by atoms with van der Waals surface area (Å²) in [5.74, 6) is -4.11. The van der Waals surface area contributed by atoms with Crippen molar-refractivity contribution in [2.24, 2.45) is 5.14 Å². The van der Waals surface area contributed by atoms with Crippen LogP contribution in [-0.2, 0) is 16.6 Å². The second-order valence-electron chi connectivity index (χ2n) is 4.30. The van der Waals surface area contributed by atoms with Crippen molar-refractivity contribution in [3.63, 3.8) is 0 Å². The molecule has 0 atom stereocenters. The Morgan fingerprint density at radius 2 is 1.67 bits per heavy atom. The van der Waals surface area contributed by atoms with Gasteiger partial charge in [0.1, 0.15) is 0 Å². The van der Waals surface area contributed by atoms with E-state index in [0.717, 1.165) is 12.1 Å². The van der Waals surface area contributed by atoms with Crippen molar-refractivity contribution in [2.75, 3.05) is 5.32 Å². The predicted octanol–water partition coefficient (Wildman–Crippen LogP) is 2.36. The summed E-state index contributed by atoms with van der Waals surface area (Å²) in [6.45, 7) is -0.0117. The molecular formula is C13H11F3N2O2S. The topological polar surface area (TPSA) is 72.2 Å². The highest BCUT2D eigenvalue weighted by atomic mass is 32.2. The number of anilines is 1. The van der Waals surface area contributed by atoms with Crippen molar-refractivity contribution in [1.29, 1.82) is 0 Å². The van der Waals surface area contributed by atoms with Crippen LogP contribution in [0.2, 0.25) is 0 Å². The van der Waals surface area contributed by atoms with Crippen LogP contribution in [0, 0.1) is 17.5 Å². The number of nitrogens with two attached hydrogens (primary N) is 1. The van der Waals surface area contributed by atoms with Crippen LogP contribution in [-0.4, -0.2) is 8.42 Å². The van der Waals surface area contributed by atoms with E-state index in [1.165, 1.54) is 18.2 Å². The highest BCUT2D eigenvalue weighted by Gasteiger charge is 2.11. The molecule has 0 aliphatic carbocycles. The Labute approximate surface area is 119 Å². The molecular weight excluding hydrogens is 305 g/mol. The zero-order chi connectivity index (χ0) is 15.6. The molecule has 0 spiro atoms. The fourth-order valence-corrected chi connectivity index (χ4v) is 2.26. The summed E-state index contributed by atoms with van der Waals surface area (Å²) < 4.78 is 61.3. The lowest BCUT2D eigenvalue weighted by molar-refractivity contribution is 0.445. The van der Waals surface area contributed by atoms with Gasteiger partial charge in [-0.3, -0.25) is 0 Å². The first-order valence-electron chi connectivity index (χ1n) is 5.77. The third kappa shape index (κ3) is 3.73. The maximum Gasteiger partial charge on any atom is 0.238 e. The Morgan fingerprint density at radius 1 is 1.05 bits per heavy atom. The lowest BCUT2D eigenvalue weighted by Crippen LogP contribution is -2.12. The predicted molar refractivity (Wildman–Crippen MR) is 71.5 cm³/mol. The van der Waals surface area contributed by atoms with Gasteiger partial charge in [0.05, 0.1) is 4.90 Å². The van der Waals surface area contributed by atoms with Crippen LogP contribution in [0.3, 0.4) is 0 Å². The van der Waals surface area contributed by atoms with E-state index >= 15 is 0 Å².